The molecular weight excluding hydrogens is 160 g/mol. The fourth-order valence-electron chi connectivity index (χ4n) is 1.34. The van der Waals surface area contributed by atoms with Gasteiger partial charge in [0.05, 0.1) is 0 Å². The van der Waals surface area contributed by atoms with E-state index in [2.05, 4.69) is 36.3 Å². The van der Waals surface area contributed by atoms with E-state index in [1.165, 1.54) is 18.4 Å². The van der Waals surface area contributed by atoms with Crippen molar-refractivity contribution in [3.05, 3.63) is 30.1 Å². The average Bonchev–Trinajstić information content (AvgIpc) is 2.21. The zero-order valence-electron chi connectivity index (χ0n) is 8.46. The summed E-state index contributed by atoms with van der Waals surface area (Å²) in [7, 11) is 0. The zero-order chi connectivity index (χ0) is 9.52. The Morgan fingerprint density at radius 3 is 2.38 bits per heavy atom. The Hall–Kier alpha value is -0.890. The average molecular weight is 178 g/mol. The highest BCUT2D eigenvalue weighted by Gasteiger charge is 2.01. The maximum atomic E-state index is 3.99. The molecule has 13 heavy (non-hydrogen) atoms. The third-order valence-corrected chi connectivity index (χ3v) is 2.33. The summed E-state index contributed by atoms with van der Waals surface area (Å²) in [5, 5.41) is 3.51. The van der Waals surface area contributed by atoms with Crippen molar-refractivity contribution in [3.8, 4) is 0 Å². The molecule has 0 bridgehead atoms. The van der Waals surface area contributed by atoms with Crippen LogP contribution in [-0.2, 0) is 6.54 Å². The molecule has 72 valence electrons. The number of rotatable bonds is 5. The van der Waals surface area contributed by atoms with E-state index in [-0.39, 0.29) is 0 Å². The minimum Gasteiger partial charge on any atom is -0.310 e. The summed E-state index contributed by atoms with van der Waals surface area (Å²) >= 11 is 0. The third-order valence-electron chi connectivity index (χ3n) is 2.33. The first-order valence-corrected chi connectivity index (χ1v) is 4.99. The Balaban J connectivity index is 2.34. The molecule has 0 saturated heterocycles. The van der Waals surface area contributed by atoms with Gasteiger partial charge in [-0.2, -0.15) is 0 Å². The van der Waals surface area contributed by atoms with Crippen LogP contribution in [0, 0.1) is 0 Å². The van der Waals surface area contributed by atoms with Crippen molar-refractivity contribution in [1.29, 1.82) is 0 Å². The van der Waals surface area contributed by atoms with Crippen molar-refractivity contribution in [2.45, 2.75) is 39.3 Å². The maximum absolute atomic E-state index is 3.99. The van der Waals surface area contributed by atoms with Crippen LogP contribution in [0.2, 0.25) is 0 Å². The number of pyridine rings is 1. The van der Waals surface area contributed by atoms with E-state index < -0.39 is 0 Å². The Kier molecular flexibility index (Phi) is 4.47. The molecule has 0 fully saturated rings. The fraction of sp³-hybridized carbons (Fsp3) is 0.545. The highest BCUT2D eigenvalue weighted by atomic mass is 14.9. The van der Waals surface area contributed by atoms with Gasteiger partial charge in [0, 0.05) is 25.0 Å². The molecule has 0 spiro atoms. The second-order valence-electron chi connectivity index (χ2n) is 3.25. The number of hydrogen-bond donors (Lipinski definition) is 1. The minimum absolute atomic E-state index is 0.646. The molecule has 0 aliphatic rings. The Labute approximate surface area is 80.4 Å². The number of nitrogens with one attached hydrogen (secondary N) is 1. The van der Waals surface area contributed by atoms with Crippen molar-refractivity contribution in [2.75, 3.05) is 0 Å². The third kappa shape index (κ3) is 3.55. The molecule has 0 atom stereocenters. The molecule has 0 radical (unpaired) electrons. The first-order chi connectivity index (χ1) is 6.36. The van der Waals surface area contributed by atoms with Crippen LogP contribution >= 0.6 is 0 Å². The molecule has 0 aliphatic carbocycles. The summed E-state index contributed by atoms with van der Waals surface area (Å²) in [5.74, 6) is 0. The van der Waals surface area contributed by atoms with E-state index in [4.69, 9.17) is 0 Å². The number of hydrogen-bond acceptors (Lipinski definition) is 2. The van der Waals surface area contributed by atoms with Gasteiger partial charge in [-0.25, -0.2) is 0 Å². The largest absolute Gasteiger partial charge is 0.310 e. The molecule has 1 aromatic heterocycles. The van der Waals surface area contributed by atoms with E-state index in [0.29, 0.717) is 6.04 Å². The van der Waals surface area contributed by atoms with Crippen LogP contribution in [0.25, 0.3) is 0 Å². The summed E-state index contributed by atoms with van der Waals surface area (Å²) < 4.78 is 0. The van der Waals surface area contributed by atoms with Crippen LogP contribution in [-0.4, -0.2) is 11.0 Å². The van der Waals surface area contributed by atoms with Gasteiger partial charge in [-0.3, -0.25) is 4.98 Å². The van der Waals surface area contributed by atoms with Crippen molar-refractivity contribution in [3.63, 3.8) is 0 Å². The molecule has 2 nitrogen and oxygen atoms in total. The highest BCUT2D eigenvalue weighted by molar-refractivity contribution is 5.09. The maximum Gasteiger partial charge on any atom is 0.0271 e. The van der Waals surface area contributed by atoms with Gasteiger partial charge in [-0.1, -0.05) is 13.8 Å². The summed E-state index contributed by atoms with van der Waals surface area (Å²) in [6.07, 6.45) is 6.07. The lowest BCUT2D eigenvalue weighted by Crippen LogP contribution is -2.26. The number of nitrogens with zero attached hydrogens (tertiary/aromatic N) is 1. The summed E-state index contributed by atoms with van der Waals surface area (Å²) in [4.78, 5) is 3.99. The second-order valence-corrected chi connectivity index (χ2v) is 3.25. The van der Waals surface area contributed by atoms with Gasteiger partial charge in [0.25, 0.3) is 0 Å². The van der Waals surface area contributed by atoms with Gasteiger partial charge in [0.15, 0.2) is 0 Å². The SMILES string of the molecule is CCC(CC)NCc1ccncc1. The van der Waals surface area contributed by atoms with Gasteiger partial charge in [0.1, 0.15) is 0 Å². The van der Waals surface area contributed by atoms with Crippen LogP contribution < -0.4 is 5.32 Å². The van der Waals surface area contributed by atoms with E-state index >= 15 is 0 Å². The van der Waals surface area contributed by atoms with Gasteiger partial charge in [-0.05, 0) is 30.5 Å². The van der Waals surface area contributed by atoms with E-state index in [0.717, 1.165) is 6.54 Å². The van der Waals surface area contributed by atoms with Crippen LogP contribution in [0.4, 0.5) is 0 Å². The first kappa shape index (κ1) is 10.2. The summed E-state index contributed by atoms with van der Waals surface area (Å²) in [6, 6.07) is 4.75. The topological polar surface area (TPSA) is 24.9 Å². The first-order valence-electron chi connectivity index (χ1n) is 4.99. The lowest BCUT2D eigenvalue weighted by atomic mass is 10.1. The van der Waals surface area contributed by atoms with E-state index in [9.17, 15) is 0 Å². The van der Waals surface area contributed by atoms with Crippen LogP contribution in [0.3, 0.4) is 0 Å². The Morgan fingerprint density at radius 2 is 1.85 bits per heavy atom. The fourth-order valence-corrected chi connectivity index (χ4v) is 1.34. The van der Waals surface area contributed by atoms with Crippen LogP contribution in [0.1, 0.15) is 32.3 Å². The lowest BCUT2D eigenvalue weighted by Gasteiger charge is -2.14. The summed E-state index contributed by atoms with van der Waals surface area (Å²) in [6.45, 7) is 5.39. The van der Waals surface area contributed by atoms with Gasteiger partial charge in [0.2, 0.25) is 0 Å². The van der Waals surface area contributed by atoms with Gasteiger partial charge < -0.3 is 5.32 Å². The molecule has 0 amide bonds. The molecule has 2 heteroatoms. The predicted molar refractivity (Wildman–Crippen MR) is 55.4 cm³/mol. The molecule has 0 saturated carbocycles. The van der Waals surface area contributed by atoms with E-state index in [1.807, 2.05) is 12.4 Å². The Bertz CT molecular complexity index is 217. The minimum atomic E-state index is 0.646. The number of aromatic nitrogens is 1. The zero-order valence-corrected chi connectivity index (χ0v) is 8.46. The molecular formula is C11H18N2. The van der Waals surface area contributed by atoms with Crippen molar-refractivity contribution < 1.29 is 0 Å². The van der Waals surface area contributed by atoms with Crippen molar-refractivity contribution in [2.24, 2.45) is 0 Å². The molecule has 0 unspecified atom stereocenters. The normalized spacial score (nSPS) is 10.7. The highest BCUT2D eigenvalue weighted by Crippen LogP contribution is 2.00. The molecule has 1 rings (SSSR count). The monoisotopic (exact) mass is 178 g/mol. The van der Waals surface area contributed by atoms with Gasteiger partial charge >= 0.3 is 0 Å². The molecule has 1 aromatic rings. The van der Waals surface area contributed by atoms with Crippen LogP contribution in [0.15, 0.2) is 24.5 Å². The predicted octanol–water partition coefficient (Wildman–Crippen LogP) is 2.36. The van der Waals surface area contributed by atoms with Gasteiger partial charge in [-0.15, -0.1) is 0 Å². The summed E-state index contributed by atoms with van der Waals surface area (Å²) in [5.41, 5.74) is 1.31. The second kappa shape index (κ2) is 5.70. The lowest BCUT2D eigenvalue weighted by molar-refractivity contribution is 0.484. The quantitative estimate of drug-likeness (QED) is 0.748. The molecule has 0 aliphatic heterocycles. The molecule has 1 heterocycles. The molecule has 0 aromatic carbocycles. The molecule has 1 N–H and O–H groups in total. The smallest absolute Gasteiger partial charge is 0.0271 e. The van der Waals surface area contributed by atoms with Crippen LogP contribution in [0.5, 0.6) is 0 Å². The standard InChI is InChI=1S/C11H18N2/c1-3-11(4-2)13-9-10-5-7-12-8-6-10/h5-8,11,13H,3-4,9H2,1-2H3. The van der Waals surface area contributed by atoms with Crippen molar-refractivity contribution >= 4 is 0 Å². The van der Waals surface area contributed by atoms with E-state index in [1.54, 1.807) is 0 Å². The van der Waals surface area contributed by atoms with Crippen molar-refractivity contribution in [1.82, 2.24) is 10.3 Å². The Morgan fingerprint density at radius 1 is 1.23 bits per heavy atom.